The summed E-state index contributed by atoms with van der Waals surface area (Å²) in [5.74, 6) is -0.906. The molecule has 0 spiro atoms. The van der Waals surface area contributed by atoms with Crippen molar-refractivity contribution in [3.8, 4) is 0 Å². The van der Waals surface area contributed by atoms with Gasteiger partial charge < -0.3 is 5.11 Å². The van der Waals surface area contributed by atoms with Gasteiger partial charge in [-0.2, -0.15) is 0 Å². The lowest BCUT2D eigenvalue weighted by Gasteiger charge is -2.21. The number of aryl methyl sites for hydroxylation is 1. The van der Waals surface area contributed by atoms with Gasteiger partial charge in [-0.1, -0.05) is 48.5 Å². The SMILES string of the molecule is O=C(O)/C=C/C1=C(c2cc3ccccc3s2)c2ccccc2CC1. The zero-order chi connectivity index (χ0) is 16.5. The van der Waals surface area contributed by atoms with Crippen LogP contribution in [0, 0.1) is 0 Å². The predicted octanol–water partition coefficient (Wildman–Crippen LogP) is 5.29. The van der Waals surface area contributed by atoms with E-state index in [0.717, 1.165) is 18.4 Å². The summed E-state index contributed by atoms with van der Waals surface area (Å²) in [4.78, 5) is 12.2. The van der Waals surface area contributed by atoms with E-state index in [-0.39, 0.29) is 0 Å². The quantitative estimate of drug-likeness (QED) is 0.662. The second-order valence-electron chi connectivity index (χ2n) is 5.88. The van der Waals surface area contributed by atoms with Crippen LogP contribution < -0.4 is 0 Å². The van der Waals surface area contributed by atoms with Crippen LogP contribution in [0.1, 0.15) is 22.4 Å². The van der Waals surface area contributed by atoms with Crippen LogP contribution in [-0.2, 0) is 11.2 Å². The molecule has 3 aromatic rings. The Kier molecular flexibility index (Phi) is 3.79. The third-order valence-electron chi connectivity index (χ3n) is 4.37. The normalized spacial score (nSPS) is 14.3. The first kappa shape index (κ1) is 14.9. The number of carbonyl (C=O) groups is 1. The number of hydrogen-bond donors (Lipinski definition) is 1. The fourth-order valence-corrected chi connectivity index (χ4v) is 4.44. The first-order valence-electron chi connectivity index (χ1n) is 7.94. The highest BCUT2D eigenvalue weighted by Crippen LogP contribution is 2.41. The summed E-state index contributed by atoms with van der Waals surface area (Å²) < 4.78 is 1.25. The van der Waals surface area contributed by atoms with E-state index in [9.17, 15) is 4.79 Å². The minimum absolute atomic E-state index is 0.865. The smallest absolute Gasteiger partial charge is 0.328 e. The number of carboxylic acids is 1. The van der Waals surface area contributed by atoms with Gasteiger partial charge in [0.2, 0.25) is 0 Å². The van der Waals surface area contributed by atoms with Crippen molar-refractivity contribution in [2.75, 3.05) is 0 Å². The Labute approximate surface area is 144 Å². The molecule has 0 aliphatic heterocycles. The van der Waals surface area contributed by atoms with E-state index in [4.69, 9.17) is 5.11 Å². The molecule has 2 nitrogen and oxygen atoms in total. The van der Waals surface area contributed by atoms with Crippen molar-refractivity contribution < 1.29 is 9.90 Å². The number of benzene rings is 2. The predicted molar refractivity (Wildman–Crippen MR) is 99.4 cm³/mol. The average Bonchev–Trinajstić information content (AvgIpc) is 3.02. The number of carboxylic acid groups (broad SMARTS) is 1. The maximum absolute atomic E-state index is 11.0. The number of allylic oxidation sites excluding steroid dienone is 2. The third-order valence-corrected chi connectivity index (χ3v) is 5.50. The molecule has 24 heavy (non-hydrogen) atoms. The molecule has 4 rings (SSSR count). The summed E-state index contributed by atoms with van der Waals surface area (Å²) in [5.41, 5.74) is 4.83. The van der Waals surface area contributed by atoms with Crippen molar-refractivity contribution in [1.82, 2.24) is 0 Å². The highest BCUT2D eigenvalue weighted by Gasteiger charge is 2.20. The molecule has 0 fully saturated rings. The first-order chi connectivity index (χ1) is 11.7. The van der Waals surface area contributed by atoms with Gasteiger partial charge in [0.25, 0.3) is 0 Å². The maximum atomic E-state index is 11.0. The Morgan fingerprint density at radius 1 is 1.04 bits per heavy atom. The van der Waals surface area contributed by atoms with Crippen molar-refractivity contribution in [1.29, 1.82) is 0 Å². The summed E-state index contributed by atoms with van der Waals surface area (Å²) in [5, 5.41) is 10.2. The van der Waals surface area contributed by atoms with Gasteiger partial charge in [0.05, 0.1) is 0 Å². The molecule has 3 heteroatoms. The molecule has 1 aromatic heterocycles. The second kappa shape index (κ2) is 6.10. The lowest BCUT2D eigenvalue weighted by Crippen LogP contribution is -2.04. The molecule has 1 aliphatic rings. The molecule has 2 aromatic carbocycles. The van der Waals surface area contributed by atoms with Gasteiger partial charge >= 0.3 is 5.97 Å². The molecule has 0 amide bonds. The molecule has 0 unspecified atom stereocenters. The van der Waals surface area contributed by atoms with Crippen LogP contribution in [0.2, 0.25) is 0 Å². The highest BCUT2D eigenvalue weighted by atomic mass is 32.1. The molecule has 0 atom stereocenters. The molecule has 0 saturated carbocycles. The molecule has 0 bridgehead atoms. The van der Waals surface area contributed by atoms with Crippen LogP contribution in [0.15, 0.2) is 72.3 Å². The van der Waals surface area contributed by atoms with Crippen LogP contribution in [0.25, 0.3) is 15.7 Å². The van der Waals surface area contributed by atoms with Crippen molar-refractivity contribution in [3.05, 3.63) is 88.3 Å². The number of thiophene rings is 1. The Morgan fingerprint density at radius 3 is 2.67 bits per heavy atom. The molecule has 1 N–H and O–H groups in total. The summed E-state index contributed by atoms with van der Waals surface area (Å²) in [6.45, 7) is 0. The van der Waals surface area contributed by atoms with E-state index in [1.165, 1.54) is 37.7 Å². The van der Waals surface area contributed by atoms with Gasteiger partial charge in [-0.25, -0.2) is 4.79 Å². The van der Waals surface area contributed by atoms with Crippen molar-refractivity contribution in [2.24, 2.45) is 0 Å². The Balaban J connectivity index is 1.95. The van der Waals surface area contributed by atoms with E-state index >= 15 is 0 Å². The third kappa shape index (κ3) is 2.68. The molecule has 1 aliphatic carbocycles. The first-order valence-corrected chi connectivity index (χ1v) is 8.75. The van der Waals surface area contributed by atoms with E-state index in [2.05, 4.69) is 48.5 Å². The van der Waals surface area contributed by atoms with Gasteiger partial charge in [0.1, 0.15) is 0 Å². The van der Waals surface area contributed by atoms with Gasteiger partial charge in [0, 0.05) is 21.2 Å². The zero-order valence-corrected chi connectivity index (χ0v) is 13.8. The van der Waals surface area contributed by atoms with E-state index in [1.54, 1.807) is 17.4 Å². The maximum Gasteiger partial charge on any atom is 0.328 e. The summed E-state index contributed by atoms with van der Waals surface area (Å²) >= 11 is 1.77. The van der Waals surface area contributed by atoms with Crippen molar-refractivity contribution >= 4 is 33.0 Å². The van der Waals surface area contributed by atoms with Crippen LogP contribution in [-0.4, -0.2) is 11.1 Å². The molecule has 1 heterocycles. The minimum Gasteiger partial charge on any atom is -0.478 e. The van der Waals surface area contributed by atoms with Gasteiger partial charge in [-0.15, -0.1) is 11.3 Å². The second-order valence-corrected chi connectivity index (χ2v) is 6.96. The molecular weight excluding hydrogens is 316 g/mol. The Bertz CT molecular complexity index is 959. The lowest BCUT2D eigenvalue weighted by molar-refractivity contribution is -0.131. The van der Waals surface area contributed by atoms with Crippen LogP contribution in [0.3, 0.4) is 0 Å². The fourth-order valence-electron chi connectivity index (χ4n) is 3.28. The molecule has 0 radical (unpaired) electrons. The monoisotopic (exact) mass is 332 g/mol. The minimum atomic E-state index is -0.906. The summed E-state index contributed by atoms with van der Waals surface area (Å²) in [7, 11) is 0. The van der Waals surface area contributed by atoms with Gasteiger partial charge in [0.15, 0.2) is 0 Å². The van der Waals surface area contributed by atoms with Gasteiger partial charge in [-0.3, -0.25) is 0 Å². The fraction of sp³-hybridized carbons (Fsp3) is 0.0952. The number of hydrogen-bond acceptors (Lipinski definition) is 2. The lowest BCUT2D eigenvalue weighted by atomic mass is 9.84. The summed E-state index contributed by atoms with van der Waals surface area (Å²) in [6.07, 6.45) is 4.82. The van der Waals surface area contributed by atoms with Gasteiger partial charge in [-0.05, 0) is 47.1 Å². The number of fused-ring (bicyclic) bond motifs is 2. The van der Waals surface area contributed by atoms with Crippen LogP contribution >= 0.6 is 11.3 Å². The number of rotatable bonds is 3. The Morgan fingerprint density at radius 2 is 1.83 bits per heavy atom. The topological polar surface area (TPSA) is 37.3 Å². The van der Waals surface area contributed by atoms with Crippen LogP contribution in [0.4, 0.5) is 0 Å². The molecular formula is C21H16O2S. The Hall–Kier alpha value is -2.65. The summed E-state index contributed by atoms with van der Waals surface area (Å²) in [6, 6.07) is 19.0. The van der Waals surface area contributed by atoms with E-state index < -0.39 is 5.97 Å². The largest absolute Gasteiger partial charge is 0.478 e. The van der Waals surface area contributed by atoms with Crippen LogP contribution in [0.5, 0.6) is 0 Å². The van der Waals surface area contributed by atoms with Crippen molar-refractivity contribution in [3.63, 3.8) is 0 Å². The highest BCUT2D eigenvalue weighted by molar-refractivity contribution is 7.20. The molecule has 0 saturated heterocycles. The number of aliphatic carboxylic acids is 1. The molecule has 118 valence electrons. The standard InChI is InChI=1S/C21H16O2S/c22-20(23)12-11-15-10-9-14-5-1-3-7-17(14)21(15)19-13-16-6-2-4-8-18(16)24-19/h1-8,11-13H,9-10H2,(H,22,23)/b12-11+. The average molecular weight is 332 g/mol. The zero-order valence-electron chi connectivity index (χ0n) is 13.0. The van der Waals surface area contributed by atoms with E-state index in [0.29, 0.717) is 0 Å². The van der Waals surface area contributed by atoms with E-state index in [1.807, 2.05) is 6.07 Å². The van der Waals surface area contributed by atoms with Crippen molar-refractivity contribution in [2.45, 2.75) is 12.8 Å².